The van der Waals surface area contributed by atoms with E-state index < -0.39 is 11.5 Å². The fourth-order valence-corrected chi connectivity index (χ4v) is 3.58. The quantitative estimate of drug-likeness (QED) is 0.753. The van der Waals surface area contributed by atoms with Crippen molar-refractivity contribution in [2.45, 2.75) is 83.0 Å². The van der Waals surface area contributed by atoms with Gasteiger partial charge in [-0.25, -0.2) is 0 Å². The van der Waals surface area contributed by atoms with Crippen LogP contribution in [0.3, 0.4) is 0 Å². The van der Waals surface area contributed by atoms with Crippen LogP contribution >= 0.6 is 0 Å². The van der Waals surface area contributed by atoms with E-state index in [9.17, 15) is 9.90 Å². The molecule has 0 spiro atoms. The van der Waals surface area contributed by atoms with Gasteiger partial charge < -0.3 is 10.0 Å². The van der Waals surface area contributed by atoms with Gasteiger partial charge in [0.05, 0.1) is 0 Å². The first-order valence-corrected chi connectivity index (χ1v) is 8.07. The van der Waals surface area contributed by atoms with Crippen LogP contribution in [0.5, 0.6) is 0 Å². The fraction of sp³-hybridized carbons (Fsp3) is 0.938. The molecule has 0 amide bonds. The Hall–Kier alpha value is -0.610. The van der Waals surface area contributed by atoms with Crippen LogP contribution in [-0.4, -0.2) is 46.7 Å². The Balaban J connectivity index is 1.96. The molecule has 2 fully saturated rings. The van der Waals surface area contributed by atoms with Gasteiger partial charge >= 0.3 is 5.97 Å². The van der Waals surface area contributed by atoms with Crippen LogP contribution in [0.2, 0.25) is 0 Å². The molecule has 4 nitrogen and oxygen atoms in total. The zero-order valence-corrected chi connectivity index (χ0v) is 13.4. The van der Waals surface area contributed by atoms with Gasteiger partial charge in [0, 0.05) is 18.1 Å². The molecule has 0 bridgehead atoms. The third-order valence-corrected chi connectivity index (χ3v) is 5.04. The first-order chi connectivity index (χ1) is 9.34. The summed E-state index contributed by atoms with van der Waals surface area (Å²) in [6, 6.07) is 1.36. The van der Waals surface area contributed by atoms with E-state index in [1.807, 2.05) is 0 Å². The molecule has 2 aliphatic rings. The van der Waals surface area contributed by atoms with Crippen molar-refractivity contribution in [3.05, 3.63) is 0 Å². The standard InChI is InChI=1S/C16H30N2O2/c1-11(2)9-12(3)18(4)14-7-8-16(10-14,15(19)20)17-13-5-6-13/h11-14,17H,5-10H2,1-4H3,(H,19,20). The van der Waals surface area contributed by atoms with Gasteiger partial charge in [-0.3, -0.25) is 10.1 Å². The molecule has 0 aliphatic heterocycles. The lowest BCUT2D eigenvalue weighted by molar-refractivity contribution is -0.145. The van der Waals surface area contributed by atoms with Gasteiger partial charge in [-0.05, 0) is 58.4 Å². The van der Waals surface area contributed by atoms with Gasteiger partial charge in [0.15, 0.2) is 0 Å². The van der Waals surface area contributed by atoms with Gasteiger partial charge in [-0.15, -0.1) is 0 Å². The zero-order valence-electron chi connectivity index (χ0n) is 13.4. The Morgan fingerprint density at radius 1 is 1.35 bits per heavy atom. The predicted molar refractivity (Wildman–Crippen MR) is 80.8 cm³/mol. The van der Waals surface area contributed by atoms with E-state index in [0.29, 0.717) is 24.0 Å². The first-order valence-electron chi connectivity index (χ1n) is 8.07. The van der Waals surface area contributed by atoms with Crippen LogP contribution in [0.4, 0.5) is 0 Å². The van der Waals surface area contributed by atoms with E-state index in [1.54, 1.807) is 0 Å². The highest BCUT2D eigenvalue weighted by Crippen LogP contribution is 2.37. The first kappa shape index (κ1) is 15.8. The molecule has 2 saturated carbocycles. The molecule has 0 heterocycles. The van der Waals surface area contributed by atoms with E-state index in [0.717, 1.165) is 32.1 Å². The summed E-state index contributed by atoms with van der Waals surface area (Å²) in [5.74, 6) is 0.0273. The Bertz CT molecular complexity index is 354. The molecule has 0 saturated heterocycles. The summed E-state index contributed by atoms with van der Waals surface area (Å²) in [7, 11) is 2.16. The lowest BCUT2D eigenvalue weighted by Crippen LogP contribution is -2.52. The average molecular weight is 282 g/mol. The lowest BCUT2D eigenvalue weighted by Gasteiger charge is -2.33. The second-order valence-electron chi connectivity index (χ2n) is 7.35. The van der Waals surface area contributed by atoms with Crippen molar-refractivity contribution in [2.75, 3.05) is 7.05 Å². The van der Waals surface area contributed by atoms with E-state index >= 15 is 0 Å². The Morgan fingerprint density at radius 3 is 2.50 bits per heavy atom. The summed E-state index contributed by atoms with van der Waals surface area (Å²) in [5, 5.41) is 13.0. The molecule has 2 N–H and O–H groups in total. The molecule has 0 aromatic rings. The second-order valence-corrected chi connectivity index (χ2v) is 7.35. The molecule has 3 unspecified atom stereocenters. The number of carboxylic acid groups (broad SMARTS) is 1. The molecule has 2 aliphatic carbocycles. The summed E-state index contributed by atoms with van der Waals surface area (Å²) in [5.41, 5.74) is -0.669. The number of nitrogens with one attached hydrogen (secondary N) is 1. The van der Waals surface area contributed by atoms with Crippen LogP contribution in [0.1, 0.15) is 59.3 Å². The number of nitrogens with zero attached hydrogens (tertiary/aromatic N) is 1. The van der Waals surface area contributed by atoms with Crippen molar-refractivity contribution in [3.8, 4) is 0 Å². The highest BCUT2D eigenvalue weighted by atomic mass is 16.4. The average Bonchev–Trinajstić information content (AvgIpc) is 3.04. The number of carbonyl (C=O) groups is 1. The molecule has 0 radical (unpaired) electrons. The normalized spacial score (nSPS) is 32.0. The highest BCUT2D eigenvalue weighted by Gasteiger charge is 2.49. The minimum Gasteiger partial charge on any atom is -0.480 e. The van der Waals surface area contributed by atoms with Crippen LogP contribution < -0.4 is 5.32 Å². The highest BCUT2D eigenvalue weighted by molar-refractivity contribution is 5.79. The maximum atomic E-state index is 11.7. The number of aliphatic carboxylic acids is 1. The summed E-state index contributed by atoms with van der Waals surface area (Å²) < 4.78 is 0. The third kappa shape index (κ3) is 3.53. The summed E-state index contributed by atoms with van der Waals surface area (Å²) in [4.78, 5) is 14.1. The molecule has 3 atom stereocenters. The van der Waals surface area contributed by atoms with Crippen molar-refractivity contribution in [1.29, 1.82) is 0 Å². The van der Waals surface area contributed by atoms with Crippen molar-refractivity contribution in [3.63, 3.8) is 0 Å². The van der Waals surface area contributed by atoms with Crippen molar-refractivity contribution >= 4 is 5.97 Å². The van der Waals surface area contributed by atoms with E-state index in [-0.39, 0.29) is 0 Å². The largest absolute Gasteiger partial charge is 0.480 e. The smallest absolute Gasteiger partial charge is 0.323 e. The van der Waals surface area contributed by atoms with Crippen LogP contribution in [-0.2, 0) is 4.79 Å². The van der Waals surface area contributed by atoms with Crippen LogP contribution in [0.15, 0.2) is 0 Å². The molecular weight excluding hydrogens is 252 g/mol. The molecule has 20 heavy (non-hydrogen) atoms. The minimum absolute atomic E-state index is 0.395. The Kier molecular flexibility index (Phi) is 4.75. The lowest BCUT2D eigenvalue weighted by atomic mass is 9.96. The van der Waals surface area contributed by atoms with Gasteiger partial charge in [0.1, 0.15) is 5.54 Å². The van der Waals surface area contributed by atoms with Gasteiger partial charge in [0.2, 0.25) is 0 Å². The molecule has 116 valence electrons. The number of rotatable bonds is 7. The third-order valence-electron chi connectivity index (χ3n) is 5.04. The maximum Gasteiger partial charge on any atom is 0.323 e. The SMILES string of the molecule is CC(C)CC(C)N(C)C1CCC(NC2CC2)(C(=O)O)C1. The van der Waals surface area contributed by atoms with Crippen molar-refractivity contribution in [2.24, 2.45) is 5.92 Å². The van der Waals surface area contributed by atoms with Crippen molar-refractivity contribution in [1.82, 2.24) is 10.2 Å². The minimum atomic E-state index is -0.669. The maximum absolute atomic E-state index is 11.7. The molecule has 2 rings (SSSR count). The molecule has 0 aromatic heterocycles. The molecule has 4 heteroatoms. The number of carboxylic acids is 1. The Labute approximate surface area is 122 Å². The Morgan fingerprint density at radius 2 is 2.00 bits per heavy atom. The molecular formula is C16H30N2O2. The fourth-order valence-electron chi connectivity index (χ4n) is 3.58. The molecule has 0 aromatic carbocycles. The summed E-state index contributed by atoms with van der Waals surface area (Å²) >= 11 is 0. The van der Waals surface area contributed by atoms with Gasteiger partial charge in [-0.1, -0.05) is 13.8 Å². The predicted octanol–water partition coefficient (Wildman–Crippen LogP) is 2.48. The van der Waals surface area contributed by atoms with Crippen molar-refractivity contribution < 1.29 is 9.90 Å². The van der Waals surface area contributed by atoms with E-state index in [4.69, 9.17) is 0 Å². The number of hydrogen-bond donors (Lipinski definition) is 2. The number of hydrogen-bond acceptors (Lipinski definition) is 3. The topological polar surface area (TPSA) is 52.6 Å². The van der Waals surface area contributed by atoms with E-state index in [1.165, 1.54) is 6.42 Å². The monoisotopic (exact) mass is 282 g/mol. The zero-order chi connectivity index (χ0) is 14.9. The summed E-state index contributed by atoms with van der Waals surface area (Å²) in [6.07, 6.45) is 5.95. The van der Waals surface area contributed by atoms with Crippen LogP contribution in [0, 0.1) is 5.92 Å². The van der Waals surface area contributed by atoms with Gasteiger partial charge in [0.25, 0.3) is 0 Å². The van der Waals surface area contributed by atoms with Gasteiger partial charge in [-0.2, -0.15) is 0 Å². The second kappa shape index (κ2) is 6.02. The summed E-state index contributed by atoms with van der Waals surface area (Å²) in [6.45, 7) is 6.75. The van der Waals surface area contributed by atoms with Crippen LogP contribution in [0.25, 0.3) is 0 Å². The van der Waals surface area contributed by atoms with E-state index in [2.05, 4.69) is 38.0 Å².